The lowest BCUT2D eigenvalue weighted by Gasteiger charge is -2.23. The number of sulfone groups is 1. The third kappa shape index (κ3) is 2.94. The second kappa shape index (κ2) is 5.30. The quantitative estimate of drug-likeness (QED) is 0.663. The highest BCUT2D eigenvalue weighted by Gasteiger charge is 2.34. The Bertz CT molecular complexity index is 623. The average Bonchev–Trinajstić information content (AvgIpc) is 2.91. The Morgan fingerprint density at radius 3 is 2.70 bits per heavy atom. The molecule has 1 aromatic heterocycles. The van der Waals surface area contributed by atoms with Gasteiger partial charge in [0.2, 0.25) is 0 Å². The number of anilines is 1. The molecule has 0 saturated carbocycles. The number of hydrogen-bond donors (Lipinski definition) is 1. The molecule has 0 aliphatic carbocycles. The van der Waals surface area contributed by atoms with Crippen molar-refractivity contribution >= 4 is 31.9 Å². The molecule has 1 fully saturated rings. The van der Waals surface area contributed by atoms with Crippen LogP contribution in [-0.4, -0.2) is 43.0 Å². The average molecular weight is 320 g/mol. The first-order chi connectivity index (χ1) is 9.21. The molecule has 1 saturated heterocycles. The van der Waals surface area contributed by atoms with Gasteiger partial charge in [-0.2, -0.15) is 0 Å². The SMILES string of the molecule is C[C@@H](O)c1cc([N+](=O)[O-])c(N(C)C2CCS(=O)(=O)C2)s1. The molecule has 9 heteroatoms. The van der Waals surface area contributed by atoms with Crippen molar-refractivity contribution in [3.05, 3.63) is 21.1 Å². The van der Waals surface area contributed by atoms with Gasteiger partial charge >= 0.3 is 5.69 Å². The van der Waals surface area contributed by atoms with E-state index in [1.807, 2.05) is 0 Å². The standard InChI is InChI=1S/C11H16N2O5S2/c1-7(14)10-5-9(13(15)16)11(19-10)12(2)8-3-4-20(17,18)6-8/h5,7-8,14H,3-4,6H2,1-2H3/t7-,8?/m1/s1. The van der Waals surface area contributed by atoms with Crippen LogP contribution in [0.25, 0.3) is 0 Å². The maximum absolute atomic E-state index is 11.5. The van der Waals surface area contributed by atoms with E-state index in [9.17, 15) is 23.6 Å². The molecule has 1 aromatic rings. The fourth-order valence-corrected chi connectivity index (χ4v) is 5.10. The first kappa shape index (κ1) is 15.2. The zero-order chi connectivity index (χ0) is 15.1. The zero-order valence-electron chi connectivity index (χ0n) is 11.1. The lowest BCUT2D eigenvalue weighted by molar-refractivity contribution is -0.383. The molecule has 1 aliphatic rings. The molecule has 0 amide bonds. The van der Waals surface area contributed by atoms with Gasteiger partial charge < -0.3 is 10.0 Å². The van der Waals surface area contributed by atoms with Crippen LogP contribution in [0.5, 0.6) is 0 Å². The van der Waals surface area contributed by atoms with Crippen molar-refractivity contribution in [2.75, 3.05) is 23.5 Å². The van der Waals surface area contributed by atoms with Crippen LogP contribution in [0.2, 0.25) is 0 Å². The van der Waals surface area contributed by atoms with Gasteiger partial charge in [-0.25, -0.2) is 8.42 Å². The van der Waals surface area contributed by atoms with Crippen LogP contribution in [0, 0.1) is 10.1 Å². The summed E-state index contributed by atoms with van der Waals surface area (Å²) in [7, 11) is -1.38. The van der Waals surface area contributed by atoms with Gasteiger partial charge in [0, 0.05) is 24.0 Å². The smallest absolute Gasteiger partial charge is 0.304 e. The summed E-state index contributed by atoms with van der Waals surface area (Å²) in [6.45, 7) is 1.54. The summed E-state index contributed by atoms with van der Waals surface area (Å²) in [4.78, 5) is 12.7. The molecule has 1 N–H and O–H groups in total. The second-order valence-corrected chi connectivity index (χ2v) is 8.23. The number of rotatable bonds is 4. The van der Waals surface area contributed by atoms with Crippen LogP contribution in [-0.2, 0) is 9.84 Å². The Balaban J connectivity index is 2.34. The summed E-state index contributed by atoms with van der Waals surface area (Å²) in [5.74, 6) is 0.132. The zero-order valence-corrected chi connectivity index (χ0v) is 12.8. The minimum absolute atomic E-state index is 0.0164. The minimum Gasteiger partial charge on any atom is -0.388 e. The Labute approximate surface area is 120 Å². The van der Waals surface area contributed by atoms with Gasteiger partial charge in [0.1, 0.15) is 0 Å². The highest BCUT2D eigenvalue weighted by Crippen LogP contribution is 2.41. The van der Waals surface area contributed by atoms with Crippen molar-refractivity contribution < 1.29 is 18.4 Å². The number of nitro groups is 1. The summed E-state index contributed by atoms with van der Waals surface area (Å²) in [5, 5.41) is 21.0. The van der Waals surface area contributed by atoms with E-state index >= 15 is 0 Å². The summed E-state index contributed by atoms with van der Waals surface area (Å²) in [5.41, 5.74) is -0.0855. The monoisotopic (exact) mass is 320 g/mol. The number of thiophene rings is 1. The van der Waals surface area contributed by atoms with Crippen molar-refractivity contribution in [2.24, 2.45) is 0 Å². The van der Waals surface area contributed by atoms with Crippen LogP contribution in [0.1, 0.15) is 24.3 Å². The van der Waals surface area contributed by atoms with Gasteiger partial charge in [-0.1, -0.05) is 0 Å². The number of hydrogen-bond acceptors (Lipinski definition) is 7. The van der Waals surface area contributed by atoms with E-state index < -0.39 is 20.9 Å². The van der Waals surface area contributed by atoms with Gasteiger partial charge in [-0.15, -0.1) is 11.3 Å². The van der Waals surface area contributed by atoms with Crippen molar-refractivity contribution in [3.8, 4) is 0 Å². The molecular weight excluding hydrogens is 304 g/mol. The summed E-state index contributed by atoms with van der Waals surface area (Å²) >= 11 is 1.13. The Morgan fingerprint density at radius 1 is 1.60 bits per heavy atom. The van der Waals surface area contributed by atoms with E-state index in [1.165, 1.54) is 6.07 Å². The maximum Gasteiger partial charge on any atom is 0.304 e. The van der Waals surface area contributed by atoms with E-state index in [0.29, 0.717) is 16.3 Å². The third-order valence-corrected chi connectivity index (χ3v) is 6.53. The summed E-state index contributed by atoms with van der Waals surface area (Å²) in [6, 6.07) is 1.10. The molecule has 0 aromatic carbocycles. The lowest BCUT2D eigenvalue weighted by Crippen LogP contribution is -2.32. The molecule has 2 heterocycles. The fraction of sp³-hybridized carbons (Fsp3) is 0.636. The summed E-state index contributed by atoms with van der Waals surface area (Å²) < 4.78 is 23.0. The van der Waals surface area contributed by atoms with Crippen LogP contribution in [0.4, 0.5) is 10.7 Å². The largest absolute Gasteiger partial charge is 0.388 e. The normalized spacial score (nSPS) is 22.6. The summed E-state index contributed by atoms with van der Waals surface area (Å²) in [6.07, 6.45) is -0.314. The second-order valence-electron chi connectivity index (χ2n) is 4.94. The number of aliphatic hydroxyl groups excluding tert-OH is 1. The Morgan fingerprint density at radius 2 is 2.25 bits per heavy atom. The van der Waals surface area contributed by atoms with Gasteiger partial charge in [-0.05, 0) is 13.3 Å². The van der Waals surface area contributed by atoms with E-state index in [1.54, 1.807) is 18.9 Å². The highest BCUT2D eigenvalue weighted by atomic mass is 32.2. The van der Waals surface area contributed by atoms with Crippen molar-refractivity contribution in [1.29, 1.82) is 0 Å². The first-order valence-electron chi connectivity index (χ1n) is 6.10. The van der Waals surface area contributed by atoms with E-state index in [2.05, 4.69) is 0 Å². The molecule has 2 atom stereocenters. The predicted molar refractivity (Wildman–Crippen MR) is 77.1 cm³/mol. The fourth-order valence-electron chi connectivity index (χ4n) is 2.23. The molecule has 0 bridgehead atoms. The molecule has 1 aliphatic heterocycles. The Kier molecular flexibility index (Phi) is 4.03. The molecule has 2 rings (SSSR count). The molecule has 20 heavy (non-hydrogen) atoms. The highest BCUT2D eigenvalue weighted by molar-refractivity contribution is 7.91. The van der Waals surface area contributed by atoms with Crippen molar-refractivity contribution in [1.82, 2.24) is 0 Å². The van der Waals surface area contributed by atoms with Crippen molar-refractivity contribution in [3.63, 3.8) is 0 Å². The Hall–Kier alpha value is -1.19. The van der Waals surface area contributed by atoms with Gasteiger partial charge in [0.15, 0.2) is 14.8 Å². The van der Waals surface area contributed by atoms with E-state index in [-0.39, 0.29) is 23.2 Å². The van der Waals surface area contributed by atoms with Crippen LogP contribution in [0.15, 0.2) is 6.07 Å². The van der Waals surface area contributed by atoms with Crippen LogP contribution < -0.4 is 4.90 Å². The van der Waals surface area contributed by atoms with Crippen molar-refractivity contribution in [2.45, 2.75) is 25.5 Å². The third-order valence-electron chi connectivity index (χ3n) is 3.40. The minimum atomic E-state index is -3.05. The molecule has 0 spiro atoms. The lowest BCUT2D eigenvalue weighted by atomic mass is 10.2. The van der Waals surface area contributed by atoms with E-state index in [4.69, 9.17) is 0 Å². The number of nitrogens with zero attached hydrogens (tertiary/aromatic N) is 2. The predicted octanol–water partition coefficient (Wildman–Crippen LogP) is 1.33. The van der Waals surface area contributed by atoms with Gasteiger partial charge in [-0.3, -0.25) is 10.1 Å². The number of aliphatic hydroxyl groups is 1. The van der Waals surface area contributed by atoms with Gasteiger partial charge in [0.25, 0.3) is 0 Å². The van der Waals surface area contributed by atoms with E-state index in [0.717, 1.165) is 11.3 Å². The van der Waals surface area contributed by atoms with Crippen LogP contribution >= 0.6 is 11.3 Å². The first-order valence-corrected chi connectivity index (χ1v) is 8.74. The molecule has 112 valence electrons. The molecule has 0 radical (unpaired) electrons. The molecule has 1 unspecified atom stereocenters. The maximum atomic E-state index is 11.5. The van der Waals surface area contributed by atoms with Gasteiger partial charge in [0.05, 0.1) is 22.5 Å². The molecule has 7 nitrogen and oxygen atoms in total. The molecular formula is C11H16N2O5S2. The topological polar surface area (TPSA) is 101 Å². The van der Waals surface area contributed by atoms with Crippen LogP contribution in [0.3, 0.4) is 0 Å².